The van der Waals surface area contributed by atoms with Crippen molar-refractivity contribution in [3.63, 3.8) is 0 Å². The maximum absolute atomic E-state index is 11.7. The fourth-order valence-corrected chi connectivity index (χ4v) is 2.50. The molecule has 1 aromatic carbocycles. The number of methoxy groups -OCH3 is 5. The van der Waals surface area contributed by atoms with E-state index in [1.807, 2.05) is 6.07 Å². The van der Waals surface area contributed by atoms with Crippen LogP contribution < -0.4 is 14.8 Å². The van der Waals surface area contributed by atoms with Gasteiger partial charge in [-0.3, -0.25) is 0 Å². The molecule has 1 heterocycles. The van der Waals surface area contributed by atoms with E-state index < -0.39 is 5.97 Å². The third-order valence-electron chi connectivity index (χ3n) is 3.76. The van der Waals surface area contributed by atoms with Crippen molar-refractivity contribution in [1.82, 2.24) is 5.32 Å². The Morgan fingerprint density at radius 2 is 1.84 bits per heavy atom. The molecule has 0 radical (unpaired) electrons. The van der Waals surface area contributed by atoms with Gasteiger partial charge in [0.2, 0.25) is 5.76 Å². The Hall–Kier alpha value is -2.29. The third-order valence-corrected chi connectivity index (χ3v) is 3.76. The number of nitrogens with one attached hydrogen (secondary N) is 1. The maximum atomic E-state index is 11.7. The SMILES string of the molecule is COC(=O)c1cc2c(OC)cc(CNCC(OC)OC)c(OC)c2o1. The zero-order valence-electron chi connectivity index (χ0n) is 15.0. The first-order valence-corrected chi connectivity index (χ1v) is 7.61. The van der Waals surface area contributed by atoms with Gasteiger partial charge >= 0.3 is 5.97 Å². The first-order chi connectivity index (χ1) is 12.1. The molecule has 0 atom stereocenters. The lowest BCUT2D eigenvalue weighted by Gasteiger charge is -2.16. The number of carbonyl (C=O) groups is 1. The van der Waals surface area contributed by atoms with E-state index in [9.17, 15) is 4.79 Å². The summed E-state index contributed by atoms with van der Waals surface area (Å²) in [6.45, 7) is 0.953. The van der Waals surface area contributed by atoms with Gasteiger partial charge in [0, 0.05) is 38.9 Å². The van der Waals surface area contributed by atoms with Crippen LogP contribution in [-0.2, 0) is 20.8 Å². The van der Waals surface area contributed by atoms with Crippen molar-refractivity contribution in [2.75, 3.05) is 42.1 Å². The lowest BCUT2D eigenvalue weighted by molar-refractivity contribution is -0.0989. The molecule has 0 spiro atoms. The highest BCUT2D eigenvalue weighted by molar-refractivity contribution is 5.97. The van der Waals surface area contributed by atoms with Crippen LogP contribution in [0.15, 0.2) is 16.5 Å². The van der Waals surface area contributed by atoms with E-state index in [-0.39, 0.29) is 12.1 Å². The van der Waals surface area contributed by atoms with E-state index >= 15 is 0 Å². The van der Waals surface area contributed by atoms with Crippen LogP contribution in [0.25, 0.3) is 11.0 Å². The van der Waals surface area contributed by atoms with Gasteiger partial charge in [-0.1, -0.05) is 0 Å². The summed E-state index contributed by atoms with van der Waals surface area (Å²) in [5.41, 5.74) is 1.23. The van der Waals surface area contributed by atoms with E-state index in [2.05, 4.69) is 5.32 Å². The standard InChI is InChI=1S/C17H23NO7/c1-20-12-6-10(8-18-9-14(21-2)22-3)15(23-4)16-11(12)7-13(25-16)17(19)24-5/h6-7,14,18H,8-9H2,1-5H3. The van der Waals surface area contributed by atoms with Gasteiger partial charge in [0.1, 0.15) is 5.75 Å². The van der Waals surface area contributed by atoms with Crippen LogP contribution in [0.2, 0.25) is 0 Å². The molecule has 0 unspecified atom stereocenters. The Balaban J connectivity index is 2.37. The molecule has 25 heavy (non-hydrogen) atoms. The minimum Gasteiger partial charge on any atom is -0.496 e. The molecule has 0 aliphatic carbocycles. The minimum atomic E-state index is -0.567. The molecular weight excluding hydrogens is 330 g/mol. The molecule has 0 bridgehead atoms. The number of esters is 1. The number of furan rings is 1. The van der Waals surface area contributed by atoms with Crippen molar-refractivity contribution in [3.8, 4) is 11.5 Å². The van der Waals surface area contributed by atoms with Crippen molar-refractivity contribution in [2.24, 2.45) is 0 Å². The molecule has 2 aromatic rings. The second-order valence-corrected chi connectivity index (χ2v) is 5.15. The fourth-order valence-electron chi connectivity index (χ4n) is 2.50. The van der Waals surface area contributed by atoms with Crippen molar-refractivity contribution in [3.05, 3.63) is 23.5 Å². The maximum Gasteiger partial charge on any atom is 0.373 e. The first-order valence-electron chi connectivity index (χ1n) is 7.61. The van der Waals surface area contributed by atoms with Crippen LogP contribution in [0.1, 0.15) is 16.1 Å². The van der Waals surface area contributed by atoms with Gasteiger partial charge in [0.05, 0.1) is 26.7 Å². The monoisotopic (exact) mass is 353 g/mol. The minimum absolute atomic E-state index is 0.0815. The lowest BCUT2D eigenvalue weighted by atomic mass is 10.1. The zero-order chi connectivity index (χ0) is 18.4. The summed E-state index contributed by atoms with van der Waals surface area (Å²) in [5, 5.41) is 3.85. The van der Waals surface area contributed by atoms with Crippen LogP contribution in [0.4, 0.5) is 0 Å². The van der Waals surface area contributed by atoms with Crippen LogP contribution in [0, 0.1) is 0 Å². The van der Waals surface area contributed by atoms with Crippen LogP contribution in [0.3, 0.4) is 0 Å². The van der Waals surface area contributed by atoms with E-state index in [0.717, 1.165) is 5.56 Å². The largest absolute Gasteiger partial charge is 0.496 e. The highest BCUT2D eigenvalue weighted by atomic mass is 16.7. The van der Waals surface area contributed by atoms with Gasteiger partial charge in [-0.05, 0) is 6.07 Å². The predicted molar refractivity (Wildman–Crippen MR) is 90.2 cm³/mol. The Labute approximate surface area is 145 Å². The van der Waals surface area contributed by atoms with E-state index in [0.29, 0.717) is 35.6 Å². The Kier molecular flexibility index (Phi) is 6.63. The number of fused-ring (bicyclic) bond motifs is 1. The van der Waals surface area contributed by atoms with Gasteiger partial charge in [-0.25, -0.2) is 4.79 Å². The van der Waals surface area contributed by atoms with Crippen molar-refractivity contribution in [1.29, 1.82) is 0 Å². The molecular formula is C17H23NO7. The molecule has 0 aliphatic heterocycles. The number of carbonyl (C=O) groups excluding carboxylic acids is 1. The molecule has 0 saturated heterocycles. The molecule has 8 nitrogen and oxygen atoms in total. The smallest absolute Gasteiger partial charge is 0.373 e. The normalized spacial score (nSPS) is 11.1. The van der Waals surface area contributed by atoms with Crippen LogP contribution in [0.5, 0.6) is 11.5 Å². The van der Waals surface area contributed by atoms with Crippen molar-refractivity contribution < 1.29 is 32.9 Å². The highest BCUT2D eigenvalue weighted by Gasteiger charge is 2.21. The average Bonchev–Trinajstić information content (AvgIpc) is 3.08. The summed E-state index contributed by atoms with van der Waals surface area (Å²) in [5.74, 6) is 0.604. The predicted octanol–water partition coefficient (Wildman–Crippen LogP) is 1.95. The third kappa shape index (κ3) is 4.04. The number of ether oxygens (including phenoxy) is 5. The molecule has 0 fully saturated rings. The second-order valence-electron chi connectivity index (χ2n) is 5.15. The number of benzene rings is 1. The summed E-state index contributed by atoms with van der Waals surface area (Å²) in [7, 11) is 7.53. The molecule has 1 N–H and O–H groups in total. The summed E-state index contributed by atoms with van der Waals surface area (Å²) in [4.78, 5) is 11.7. The van der Waals surface area contributed by atoms with Crippen LogP contribution in [-0.4, -0.2) is 54.4 Å². The van der Waals surface area contributed by atoms with E-state index in [1.165, 1.54) is 14.2 Å². The number of hydrogen-bond donors (Lipinski definition) is 1. The second kappa shape index (κ2) is 8.70. The molecule has 0 aliphatic rings. The Morgan fingerprint density at radius 3 is 2.40 bits per heavy atom. The van der Waals surface area contributed by atoms with Gasteiger partial charge in [-0.2, -0.15) is 0 Å². The Morgan fingerprint density at radius 1 is 1.12 bits per heavy atom. The average molecular weight is 353 g/mol. The topological polar surface area (TPSA) is 88.4 Å². The summed E-state index contributed by atoms with van der Waals surface area (Å²) >= 11 is 0. The van der Waals surface area contributed by atoms with Crippen LogP contribution >= 0.6 is 0 Å². The van der Waals surface area contributed by atoms with Gasteiger partial charge in [0.25, 0.3) is 0 Å². The van der Waals surface area contributed by atoms with Crippen molar-refractivity contribution in [2.45, 2.75) is 12.8 Å². The van der Waals surface area contributed by atoms with E-state index in [4.69, 9.17) is 28.1 Å². The summed E-state index contributed by atoms with van der Waals surface area (Å²) in [6.07, 6.45) is -0.355. The first kappa shape index (κ1) is 19.0. The van der Waals surface area contributed by atoms with E-state index in [1.54, 1.807) is 27.4 Å². The van der Waals surface area contributed by atoms with Gasteiger partial charge in [0.15, 0.2) is 17.6 Å². The highest BCUT2D eigenvalue weighted by Crippen LogP contribution is 2.39. The Bertz CT molecular complexity index is 721. The molecule has 0 amide bonds. The van der Waals surface area contributed by atoms with Gasteiger partial charge < -0.3 is 33.4 Å². The zero-order valence-corrected chi connectivity index (χ0v) is 15.0. The number of hydrogen-bond acceptors (Lipinski definition) is 8. The molecule has 138 valence electrons. The van der Waals surface area contributed by atoms with Gasteiger partial charge in [-0.15, -0.1) is 0 Å². The quantitative estimate of drug-likeness (QED) is 0.540. The summed E-state index contributed by atoms with van der Waals surface area (Å²) in [6, 6.07) is 3.41. The number of rotatable bonds is 9. The summed E-state index contributed by atoms with van der Waals surface area (Å²) < 4.78 is 31.5. The van der Waals surface area contributed by atoms with Crippen molar-refractivity contribution >= 4 is 16.9 Å². The molecule has 2 rings (SSSR count). The lowest BCUT2D eigenvalue weighted by Crippen LogP contribution is -2.29. The molecule has 1 aromatic heterocycles. The molecule has 8 heteroatoms. The fraction of sp³-hybridized carbons (Fsp3) is 0.471. The molecule has 0 saturated carbocycles.